The number of hydrogen-bond acceptors (Lipinski definition) is 7. The average Bonchev–Trinajstić information content (AvgIpc) is 3.65. The summed E-state index contributed by atoms with van der Waals surface area (Å²) < 4.78 is 3.27. The molecule has 0 radical (unpaired) electrons. The smallest absolute Gasteiger partial charge is 0.409 e. The molecule has 3 N–H and O–H groups in total. The predicted octanol–water partition coefficient (Wildman–Crippen LogP) is 3.21. The number of carboxylic acid groups (broad SMARTS) is 1. The van der Waals surface area contributed by atoms with E-state index in [1.165, 1.54) is 11.0 Å². The number of fused-ring (bicyclic) bond motifs is 1. The Morgan fingerprint density at radius 2 is 1.95 bits per heavy atom. The molecule has 0 saturated heterocycles. The zero-order valence-electron chi connectivity index (χ0n) is 19.7. The Kier molecular flexibility index (Phi) is 5.33. The van der Waals surface area contributed by atoms with Crippen molar-refractivity contribution in [2.75, 3.05) is 5.32 Å². The van der Waals surface area contributed by atoms with E-state index in [9.17, 15) is 9.59 Å². The SMILES string of the molecule is Cc1cnc(-n2cnnn2)c(-c2cc3n(c(=O)c2)[C@H](c2ncc(-c4ccc(NC(=O)O)cc4)[nH]2)CC3)c1. The van der Waals surface area contributed by atoms with Crippen molar-refractivity contribution < 1.29 is 9.90 Å². The molecule has 37 heavy (non-hydrogen) atoms. The van der Waals surface area contributed by atoms with E-state index < -0.39 is 6.09 Å². The van der Waals surface area contributed by atoms with Crippen LogP contribution in [0.3, 0.4) is 0 Å². The van der Waals surface area contributed by atoms with Crippen LogP contribution in [0.25, 0.3) is 28.2 Å². The molecule has 0 spiro atoms. The molecule has 12 heteroatoms. The highest BCUT2D eigenvalue weighted by Gasteiger charge is 2.28. The minimum absolute atomic E-state index is 0.124. The van der Waals surface area contributed by atoms with Gasteiger partial charge < -0.3 is 14.7 Å². The topological polar surface area (TPSA) is 156 Å². The number of aryl methyl sites for hydroxylation is 2. The number of pyridine rings is 2. The second kappa shape index (κ2) is 8.82. The monoisotopic (exact) mass is 495 g/mol. The summed E-state index contributed by atoms with van der Waals surface area (Å²) in [6.07, 6.45) is 5.28. The van der Waals surface area contributed by atoms with E-state index in [-0.39, 0.29) is 11.6 Å². The standard InChI is InChI=1S/C25H21N9O3/c1-14-8-19(24(27-11-14)33-13-28-31-32-33)16-9-18-6-7-21(34(18)22(35)10-16)23-26-12-20(30-23)15-2-4-17(5-3-15)29-25(36)37/h2-5,8-13,21,29H,6-7H2,1H3,(H,26,30)(H,36,37)/t21-/m0/s1. The molecule has 1 aromatic carbocycles. The third kappa shape index (κ3) is 4.14. The first-order chi connectivity index (χ1) is 18.0. The Morgan fingerprint density at radius 1 is 1.11 bits per heavy atom. The number of amides is 1. The molecular weight excluding hydrogens is 474 g/mol. The molecule has 184 valence electrons. The van der Waals surface area contributed by atoms with Crippen LogP contribution in [-0.4, -0.2) is 50.9 Å². The van der Waals surface area contributed by atoms with Crippen LogP contribution in [-0.2, 0) is 6.42 Å². The van der Waals surface area contributed by atoms with Gasteiger partial charge in [0.15, 0.2) is 5.82 Å². The summed E-state index contributed by atoms with van der Waals surface area (Å²) >= 11 is 0. The van der Waals surface area contributed by atoms with Crippen molar-refractivity contribution in [3.8, 4) is 28.2 Å². The average molecular weight is 496 g/mol. The van der Waals surface area contributed by atoms with Crippen LogP contribution in [0.15, 0.2) is 66.0 Å². The molecule has 5 aromatic rings. The molecule has 0 fully saturated rings. The molecule has 6 rings (SSSR count). The van der Waals surface area contributed by atoms with Crippen molar-refractivity contribution in [3.63, 3.8) is 0 Å². The van der Waals surface area contributed by atoms with Gasteiger partial charge >= 0.3 is 6.09 Å². The molecule has 4 aromatic heterocycles. The van der Waals surface area contributed by atoms with Crippen LogP contribution in [0.4, 0.5) is 10.5 Å². The second-order valence-corrected chi connectivity index (χ2v) is 8.83. The summed E-state index contributed by atoms with van der Waals surface area (Å²) in [6.45, 7) is 1.95. The molecule has 1 atom stereocenters. The van der Waals surface area contributed by atoms with Crippen LogP contribution in [0.2, 0.25) is 0 Å². The number of anilines is 1. The van der Waals surface area contributed by atoms with Crippen LogP contribution in [0.1, 0.15) is 29.5 Å². The number of nitrogens with one attached hydrogen (secondary N) is 2. The van der Waals surface area contributed by atoms with Crippen molar-refractivity contribution >= 4 is 11.8 Å². The van der Waals surface area contributed by atoms with Gasteiger partial charge in [0.05, 0.1) is 17.9 Å². The van der Waals surface area contributed by atoms with E-state index in [0.717, 1.165) is 46.5 Å². The fourth-order valence-corrected chi connectivity index (χ4v) is 4.73. The molecule has 1 aliphatic heterocycles. The first-order valence-electron chi connectivity index (χ1n) is 11.6. The number of benzene rings is 1. The van der Waals surface area contributed by atoms with Crippen molar-refractivity contribution in [2.45, 2.75) is 25.8 Å². The first kappa shape index (κ1) is 22.3. The van der Waals surface area contributed by atoms with E-state index in [1.54, 1.807) is 35.2 Å². The quantitative estimate of drug-likeness (QED) is 0.335. The summed E-state index contributed by atoms with van der Waals surface area (Å²) in [4.78, 5) is 36.6. The number of nitrogens with zero attached hydrogens (tertiary/aromatic N) is 7. The maximum Gasteiger partial charge on any atom is 0.409 e. The summed E-state index contributed by atoms with van der Waals surface area (Å²) in [5, 5.41) is 22.6. The van der Waals surface area contributed by atoms with E-state index in [1.807, 2.05) is 31.2 Å². The third-order valence-corrected chi connectivity index (χ3v) is 6.37. The Hall–Kier alpha value is -5.13. The summed E-state index contributed by atoms with van der Waals surface area (Å²) in [5.74, 6) is 1.25. The van der Waals surface area contributed by atoms with Crippen molar-refractivity contribution in [1.29, 1.82) is 0 Å². The summed E-state index contributed by atoms with van der Waals surface area (Å²) in [6, 6.07) is 12.4. The van der Waals surface area contributed by atoms with Gasteiger partial charge in [0.2, 0.25) is 0 Å². The van der Waals surface area contributed by atoms with Gasteiger partial charge in [0.1, 0.15) is 12.2 Å². The number of rotatable bonds is 5. The van der Waals surface area contributed by atoms with Crippen molar-refractivity contribution in [3.05, 3.63) is 88.6 Å². The molecule has 0 aliphatic carbocycles. The summed E-state index contributed by atoms with van der Waals surface area (Å²) in [5.41, 5.74) is 5.41. The van der Waals surface area contributed by atoms with E-state index in [0.29, 0.717) is 17.3 Å². The lowest BCUT2D eigenvalue weighted by atomic mass is 10.0. The molecule has 1 aliphatic rings. The van der Waals surface area contributed by atoms with E-state index >= 15 is 0 Å². The molecule has 5 heterocycles. The number of tetrazole rings is 1. The minimum Gasteiger partial charge on any atom is -0.465 e. The number of H-pyrrole nitrogens is 1. The van der Waals surface area contributed by atoms with Crippen LogP contribution < -0.4 is 10.9 Å². The number of carbonyl (C=O) groups is 1. The lowest BCUT2D eigenvalue weighted by Crippen LogP contribution is -2.24. The molecule has 12 nitrogen and oxygen atoms in total. The van der Waals surface area contributed by atoms with Gasteiger partial charge in [-0.2, -0.15) is 4.68 Å². The van der Waals surface area contributed by atoms with Crippen LogP contribution in [0.5, 0.6) is 0 Å². The maximum absolute atomic E-state index is 13.4. The van der Waals surface area contributed by atoms with Gasteiger partial charge in [0.25, 0.3) is 5.56 Å². The molecule has 0 saturated carbocycles. The number of aromatic amines is 1. The second-order valence-electron chi connectivity index (χ2n) is 8.83. The highest BCUT2D eigenvalue weighted by atomic mass is 16.4. The zero-order valence-corrected chi connectivity index (χ0v) is 19.7. The van der Waals surface area contributed by atoms with Crippen molar-refractivity contribution in [1.82, 2.24) is 39.7 Å². The minimum atomic E-state index is -1.12. The largest absolute Gasteiger partial charge is 0.465 e. The van der Waals surface area contributed by atoms with E-state index in [4.69, 9.17) is 5.11 Å². The van der Waals surface area contributed by atoms with Gasteiger partial charge in [-0.25, -0.2) is 14.8 Å². The normalized spacial score (nSPS) is 14.5. The lowest BCUT2D eigenvalue weighted by Gasteiger charge is -2.14. The summed E-state index contributed by atoms with van der Waals surface area (Å²) in [7, 11) is 0. The third-order valence-electron chi connectivity index (χ3n) is 6.37. The highest BCUT2D eigenvalue weighted by Crippen LogP contribution is 2.33. The number of hydrogen-bond donors (Lipinski definition) is 3. The fraction of sp³-hybridized carbons (Fsp3) is 0.160. The zero-order chi connectivity index (χ0) is 25.5. The van der Waals surface area contributed by atoms with Crippen LogP contribution >= 0.6 is 0 Å². The molecular formula is C25H21N9O3. The van der Waals surface area contributed by atoms with Crippen molar-refractivity contribution in [2.24, 2.45) is 0 Å². The Bertz CT molecular complexity index is 1670. The van der Waals surface area contributed by atoms with Gasteiger partial charge in [-0.15, -0.1) is 5.10 Å². The molecule has 0 bridgehead atoms. The van der Waals surface area contributed by atoms with Gasteiger partial charge in [0, 0.05) is 29.2 Å². The van der Waals surface area contributed by atoms with Gasteiger partial charge in [-0.3, -0.25) is 10.1 Å². The van der Waals surface area contributed by atoms with Crippen LogP contribution in [0, 0.1) is 6.92 Å². The highest BCUT2D eigenvalue weighted by molar-refractivity contribution is 5.83. The molecule has 0 unspecified atom stereocenters. The Labute approximate surface area is 209 Å². The number of aromatic nitrogens is 8. The predicted molar refractivity (Wildman–Crippen MR) is 134 cm³/mol. The fourth-order valence-electron chi connectivity index (χ4n) is 4.73. The van der Waals surface area contributed by atoms with Gasteiger partial charge in [-0.05, 0) is 71.1 Å². The maximum atomic E-state index is 13.4. The Morgan fingerprint density at radius 3 is 2.70 bits per heavy atom. The first-order valence-corrected chi connectivity index (χ1v) is 11.6. The molecule has 1 amide bonds. The van der Waals surface area contributed by atoms with Gasteiger partial charge in [-0.1, -0.05) is 12.1 Å². The van der Waals surface area contributed by atoms with E-state index in [2.05, 4.69) is 35.8 Å². The number of imidazole rings is 1. The Balaban J connectivity index is 1.32. The lowest BCUT2D eigenvalue weighted by molar-refractivity contribution is 0.209.